The molecule has 0 unspecified atom stereocenters. The lowest BCUT2D eigenvalue weighted by atomic mass is 9.90. The second-order valence-corrected chi connectivity index (χ2v) is 6.98. The number of nitrogens with zero attached hydrogens (tertiary/aromatic N) is 2. The average molecular weight is 328 g/mol. The summed E-state index contributed by atoms with van der Waals surface area (Å²) in [6, 6.07) is 16.8. The Morgan fingerprint density at radius 1 is 0.920 bits per heavy atom. The fraction of sp³-hybridized carbons (Fsp3) is 0.273. The summed E-state index contributed by atoms with van der Waals surface area (Å²) in [5.74, 6) is 1.25. The van der Waals surface area contributed by atoms with E-state index in [9.17, 15) is 4.79 Å². The summed E-state index contributed by atoms with van der Waals surface area (Å²) in [7, 11) is 0. The molecular weight excluding hydrogens is 308 g/mol. The van der Waals surface area contributed by atoms with Crippen molar-refractivity contribution < 1.29 is 4.79 Å². The van der Waals surface area contributed by atoms with Gasteiger partial charge in [0.25, 0.3) is 0 Å². The molecule has 0 spiro atoms. The predicted molar refractivity (Wildman–Crippen MR) is 103 cm³/mol. The summed E-state index contributed by atoms with van der Waals surface area (Å²) in [6.07, 6.45) is 3.10. The van der Waals surface area contributed by atoms with Crippen LogP contribution in [0.4, 0.5) is 0 Å². The molecule has 0 bridgehead atoms. The molecule has 124 valence electrons. The van der Waals surface area contributed by atoms with Crippen molar-refractivity contribution in [3.8, 4) is 0 Å². The maximum atomic E-state index is 13.2. The van der Waals surface area contributed by atoms with Gasteiger partial charge in [-0.15, -0.1) is 0 Å². The number of Topliss-reactive ketones (excluding diaryl/α,β-unsaturated/α-hetero) is 1. The molecule has 1 saturated heterocycles. The van der Waals surface area contributed by atoms with E-state index >= 15 is 0 Å². The summed E-state index contributed by atoms with van der Waals surface area (Å²) in [5, 5.41) is 4.47. The van der Waals surface area contributed by atoms with E-state index in [0.717, 1.165) is 65.3 Å². The van der Waals surface area contributed by atoms with Gasteiger partial charge >= 0.3 is 0 Å². The van der Waals surface area contributed by atoms with Crippen LogP contribution in [-0.2, 0) is 6.42 Å². The van der Waals surface area contributed by atoms with Crippen molar-refractivity contribution in [2.45, 2.75) is 19.3 Å². The molecule has 0 radical (unpaired) electrons. The van der Waals surface area contributed by atoms with Crippen LogP contribution >= 0.6 is 0 Å². The van der Waals surface area contributed by atoms with Crippen LogP contribution < -0.4 is 0 Å². The van der Waals surface area contributed by atoms with E-state index in [1.807, 2.05) is 12.1 Å². The fourth-order valence-corrected chi connectivity index (χ4v) is 4.33. The Balaban J connectivity index is 1.82. The first kappa shape index (κ1) is 14.6. The van der Waals surface area contributed by atoms with Gasteiger partial charge in [0, 0.05) is 25.1 Å². The molecule has 0 N–H and O–H groups in total. The molecule has 3 heteroatoms. The molecule has 25 heavy (non-hydrogen) atoms. The standard InChI is InChI=1S/C22H20N2O/c25-19-14-23-20-9-4-11-24(20)12-10-15-6-3-7-17-13-16-5-1-2-8-18(16)22(19)21(15)17/h1-3,5-8,13H,4,9-12,14H2. The number of hydrogen-bond acceptors (Lipinski definition) is 3. The predicted octanol–water partition coefficient (Wildman–Crippen LogP) is 4.23. The van der Waals surface area contributed by atoms with Crippen molar-refractivity contribution in [3.63, 3.8) is 0 Å². The van der Waals surface area contributed by atoms with Crippen molar-refractivity contribution >= 4 is 33.2 Å². The largest absolute Gasteiger partial charge is 0.360 e. The molecule has 0 aromatic heterocycles. The molecule has 2 aliphatic heterocycles. The maximum absolute atomic E-state index is 13.2. The van der Waals surface area contributed by atoms with Crippen molar-refractivity contribution in [2.75, 3.05) is 19.6 Å². The molecule has 0 saturated carbocycles. The van der Waals surface area contributed by atoms with Crippen molar-refractivity contribution in [2.24, 2.45) is 4.99 Å². The Kier molecular flexibility index (Phi) is 3.34. The number of benzene rings is 3. The van der Waals surface area contributed by atoms with Crippen LogP contribution in [0, 0.1) is 0 Å². The van der Waals surface area contributed by atoms with E-state index in [1.165, 1.54) is 5.56 Å². The van der Waals surface area contributed by atoms with Crippen LogP contribution in [0.1, 0.15) is 28.8 Å². The van der Waals surface area contributed by atoms with E-state index in [4.69, 9.17) is 0 Å². The minimum absolute atomic E-state index is 0.135. The molecule has 1 fully saturated rings. The summed E-state index contributed by atoms with van der Waals surface area (Å²) in [6.45, 7) is 2.30. The Bertz CT molecular complexity index is 1030. The molecule has 3 nitrogen and oxygen atoms in total. The van der Waals surface area contributed by atoms with Crippen LogP contribution in [0.3, 0.4) is 0 Å². The highest BCUT2D eigenvalue weighted by Gasteiger charge is 2.23. The number of rotatable bonds is 0. The summed E-state index contributed by atoms with van der Waals surface area (Å²) < 4.78 is 0. The number of carbonyl (C=O) groups excluding carboxylic acids is 1. The second-order valence-electron chi connectivity index (χ2n) is 6.98. The minimum atomic E-state index is 0.135. The topological polar surface area (TPSA) is 32.7 Å². The van der Waals surface area contributed by atoms with Gasteiger partial charge in [-0.3, -0.25) is 9.79 Å². The molecule has 0 aliphatic carbocycles. The minimum Gasteiger partial charge on any atom is -0.360 e. The number of carbonyl (C=O) groups is 1. The van der Waals surface area contributed by atoms with E-state index in [2.05, 4.69) is 46.3 Å². The van der Waals surface area contributed by atoms with Crippen LogP contribution in [0.15, 0.2) is 53.5 Å². The molecule has 0 amide bonds. The Hall–Kier alpha value is -2.68. The SMILES string of the molecule is O=C1CN=C2CCCN2CCc2cccc3cc4ccccc4c1c23. The lowest BCUT2D eigenvalue weighted by molar-refractivity contribution is 0.100. The third kappa shape index (κ3) is 2.34. The van der Waals surface area contributed by atoms with E-state index in [1.54, 1.807) is 0 Å². The van der Waals surface area contributed by atoms with Crippen LogP contribution in [0.25, 0.3) is 21.5 Å². The molecule has 2 heterocycles. The van der Waals surface area contributed by atoms with Crippen LogP contribution in [-0.4, -0.2) is 36.2 Å². The van der Waals surface area contributed by atoms with Gasteiger partial charge in [0.05, 0.1) is 5.84 Å². The third-order valence-electron chi connectivity index (χ3n) is 5.50. The quantitative estimate of drug-likeness (QED) is 0.579. The first-order valence-corrected chi connectivity index (χ1v) is 9.06. The van der Waals surface area contributed by atoms with E-state index in [0.29, 0.717) is 0 Å². The molecule has 3 aromatic carbocycles. The van der Waals surface area contributed by atoms with Crippen LogP contribution in [0.2, 0.25) is 0 Å². The number of amidine groups is 1. The Morgan fingerprint density at radius 3 is 2.76 bits per heavy atom. The summed E-state index contributed by atoms with van der Waals surface area (Å²) >= 11 is 0. The van der Waals surface area contributed by atoms with Gasteiger partial charge in [0.2, 0.25) is 0 Å². The van der Waals surface area contributed by atoms with Gasteiger partial charge < -0.3 is 4.90 Å². The highest BCUT2D eigenvalue weighted by Crippen LogP contribution is 2.32. The molecule has 5 rings (SSSR count). The second kappa shape index (κ2) is 5.69. The zero-order valence-corrected chi connectivity index (χ0v) is 14.2. The Labute approximate surface area is 147 Å². The van der Waals surface area contributed by atoms with E-state index < -0.39 is 0 Å². The lowest BCUT2D eigenvalue weighted by Crippen LogP contribution is -2.28. The van der Waals surface area contributed by atoms with Crippen LogP contribution in [0.5, 0.6) is 0 Å². The van der Waals surface area contributed by atoms with Gasteiger partial charge in [-0.2, -0.15) is 0 Å². The van der Waals surface area contributed by atoms with E-state index in [-0.39, 0.29) is 12.3 Å². The number of aliphatic imine (C=N–C) groups is 1. The maximum Gasteiger partial charge on any atom is 0.185 e. The smallest absolute Gasteiger partial charge is 0.185 e. The first-order chi connectivity index (χ1) is 12.3. The zero-order valence-electron chi connectivity index (χ0n) is 14.2. The van der Waals surface area contributed by atoms with Crippen molar-refractivity contribution in [3.05, 3.63) is 59.7 Å². The van der Waals surface area contributed by atoms with Gasteiger partial charge in [-0.1, -0.05) is 42.5 Å². The lowest BCUT2D eigenvalue weighted by Gasteiger charge is -2.22. The molecule has 0 atom stereocenters. The zero-order chi connectivity index (χ0) is 16.8. The van der Waals surface area contributed by atoms with Gasteiger partial charge in [-0.25, -0.2) is 0 Å². The molecular formula is C22H20N2O. The highest BCUT2D eigenvalue weighted by molar-refractivity contribution is 6.20. The third-order valence-corrected chi connectivity index (χ3v) is 5.50. The van der Waals surface area contributed by atoms with Gasteiger partial charge in [0.1, 0.15) is 6.54 Å². The molecule has 3 aromatic rings. The number of ketones is 1. The first-order valence-electron chi connectivity index (χ1n) is 9.06. The number of fused-ring (bicyclic) bond motifs is 3. The number of hydrogen-bond donors (Lipinski definition) is 0. The fourth-order valence-electron chi connectivity index (χ4n) is 4.33. The van der Waals surface area contributed by atoms with Gasteiger partial charge in [0.15, 0.2) is 5.78 Å². The van der Waals surface area contributed by atoms with Crippen molar-refractivity contribution in [1.82, 2.24) is 4.90 Å². The van der Waals surface area contributed by atoms with Crippen molar-refractivity contribution in [1.29, 1.82) is 0 Å². The normalized spacial score (nSPS) is 17.7. The monoisotopic (exact) mass is 328 g/mol. The molecule has 2 aliphatic rings. The highest BCUT2D eigenvalue weighted by atomic mass is 16.1. The average Bonchev–Trinajstić information content (AvgIpc) is 3.09. The Morgan fingerprint density at radius 2 is 1.80 bits per heavy atom. The van der Waals surface area contributed by atoms with Gasteiger partial charge in [-0.05, 0) is 46.0 Å². The summed E-state index contributed by atoms with van der Waals surface area (Å²) in [5.41, 5.74) is 2.14. The summed E-state index contributed by atoms with van der Waals surface area (Å²) in [4.78, 5) is 20.2.